The van der Waals surface area contributed by atoms with E-state index in [4.69, 9.17) is 4.74 Å². The smallest absolute Gasteiger partial charge is 0.125 e. The Hall–Kier alpha value is -1.05. The molecule has 0 radical (unpaired) electrons. The van der Waals surface area contributed by atoms with E-state index in [0.717, 1.165) is 18.8 Å². The first-order valence-corrected chi connectivity index (χ1v) is 4.85. The van der Waals surface area contributed by atoms with Gasteiger partial charge in [0.05, 0.1) is 6.61 Å². The maximum Gasteiger partial charge on any atom is 0.125 e. The fourth-order valence-corrected chi connectivity index (χ4v) is 1.95. The zero-order chi connectivity index (χ0) is 9.26. The zero-order valence-corrected chi connectivity index (χ0v) is 8.16. The van der Waals surface area contributed by atoms with Crippen LogP contribution in [0, 0.1) is 5.92 Å². The van der Waals surface area contributed by atoms with E-state index in [1.165, 1.54) is 5.56 Å². The fraction of sp³-hybridized carbons (Fsp3) is 0.545. The lowest BCUT2D eigenvalue weighted by Crippen LogP contribution is -2.18. The summed E-state index contributed by atoms with van der Waals surface area (Å²) in [6, 6.07) is 1.96. The SMILES string of the molecule is CC(C)[C@@H]1CCOc2ccncc21. The molecule has 13 heavy (non-hydrogen) atoms. The van der Waals surface area contributed by atoms with Crippen LogP contribution in [0.5, 0.6) is 5.75 Å². The molecule has 2 heteroatoms. The number of aromatic nitrogens is 1. The van der Waals surface area contributed by atoms with E-state index < -0.39 is 0 Å². The molecule has 0 bridgehead atoms. The van der Waals surface area contributed by atoms with Gasteiger partial charge >= 0.3 is 0 Å². The summed E-state index contributed by atoms with van der Waals surface area (Å²) < 4.78 is 5.56. The van der Waals surface area contributed by atoms with Crippen molar-refractivity contribution in [2.24, 2.45) is 5.92 Å². The molecule has 0 amide bonds. The Morgan fingerprint density at radius 2 is 2.38 bits per heavy atom. The largest absolute Gasteiger partial charge is 0.493 e. The third-order valence-corrected chi connectivity index (χ3v) is 2.70. The molecule has 1 aromatic heterocycles. The number of nitrogens with zero attached hydrogens (tertiary/aromatic N) is 1. The molecule has 0 fully saturated rings. The van der Waals surface area contributed by atoms with Crippen molar-refractivity contribution in [3.8, 4) is 5.75 Å². The highest BCUT2D eigenvalue weighted by atomic mass is 16.5. The van der Waals surface area contributed by atoms with Crippen molar-refractivity contribution >= 4 is 0 Å². The van der Waals surface area contributed by atoms with E-state index in [2.05, 4.69) is 18.8 Å². The summed E-state index contributed by atoms with van der Waals surface area (Å²) in [5.74, 6) is 2.32. The second-order valence-corrected chi connectivity index (χ2v) is 3.90. The van der Waals surface area contributed by atoms with Crippen LogP contribution >= 0.6 is 0 Å². The molecule has 2 nitrogen and oxygen atoms in total. The van der Waals surface area contributed by atoms with Crippen LogP contribution in [0.25, 0.3) is 0 Å². The van der Waals surface area contributed by atoms with Crippen LogP contribution < -0.4 is 4.74 Å². The van der Waals surface area contributed by atoms with Crippen LogP contribution in [0.2, 0.25) is 0 Å². The van der Waals surface area contributed by atoms with Gasteiger partial charge in [-0.25, -0.2) is 0 Å². The maximum absolute atomic E-state index is 5.56. The number of ether oxygens (including phenoxy) is 1. The Morgan fingerprint density at radius 3 is 3.15 bits per heavy atom. The predicted molar refractivity (Wildman–Crippen MR) is 51.9 cm³/mol. The molecular formula is C11H15NO. The third-order valence-electron chi connectivity index (χ3n) is 2.70. The minimum Gasteiger partial charge on any atom is -0.493 e. The molecule has 2 heterocycles. The van der Waals surface area contributed by atoms with Crippen molar-refractivity contribution in [3.63, 3.8) is 0 Å². The number of pyridine rings is 1. The van der Waals surface area contributed by atoms with E-state index in [-0.39, 0.29) is 0 Å². The second kappa shape index (κ2) is 3.36. The zero-order valence-electron chi connectivity index (χ0n) is 8.16. The van der Waals surface area contributed by atoms with Crippen molar-refractivity contribution in [1.29, 1.82) is 0 Å². The van der Waals surface area contributed by atoms with Gasteiger partial charge in [0, 0.05) is 18.0 Å². The standard InChI is InChI=1S/C11H15NO/c1-8(2)9-4-6-13-11-3-5-12-7-10(9)11/h3,5,7-9H,4,6H2,1-2H3/t9-/m0/s1. The molecule has 0 saturated carbocycles. The molecule has 1 aliphatic heterocycles. The topological polar surface area (TPSA) is 22.1 Å². The molecule has 1 aliphatic rings. The first kappa shape index (κ1) is 8.54. The molecule has 2 rings (SSSR count). The molecule has 0 spiro atoms. The lowest BCUT2D eigenvalue weighted by molar-refractivity contribution is 0.246. The summed E-state index contributed by atoms with van der Waals surface area (Å²) in [4.78, 5) is 4.15. The monoisotopic (exact) mass is 177 g/mol. The van der Waals surface area contributed by atoms with Crippen molar-refractivity contribution in [1.82, 2.24) is 4.98 Å². The van der Waals surface area contributed by atoms with Gasteiger partial charge in [-0.2, -0.15) is 0 Å². The first-order valence-electron chi connectivity index (χ1n) is 4.85. The summed E-state index contributed by atoms with van der Waals surface area (Å²) in [6.45, 7) is 5.36. The van der Waals surface area contributed by atoms with Crippen molar-refractivity contribution in [2.45, 2.75) is 26.2 Å². The number of hydrogen-bond donors (Lipinski definition) is 0. The summed E-state index contributed by atoms with van der Waals surface area (Å²) in [7, 11) is 0. The second-order valence-electron chi connectivity index (χ2n) is 3.90. The van der Waals surface area contributed by atoms with Crippen molar-refractivity contribution in [3.05, 3.63) is 24.0 Å². The summed E-state index contributed by atoms with van der Waals surface area (Å²) in [5, 5.41) is 0. The Labute approximate surface area is 78.9 Å². The van der Waals surface area contributed by atoms with Gasteiger partial charge in [-0.3, -0.25) is 4.98 Å². The number of fused-ring (bicyclic) bond motifs is 1. The first-order chi connectivity index (χ1) is 6.29. The van der Waals surface area contributed by atoms with E-state index in [0.29, 0.717) is 11.8 Å². The highest BCUT2D eigenvalue weighted by Crippen LogP contribution is 2.37. The maximum atomic E-state index is 5.56. The lowest BCUT2D eigenvalue weighted by Gasteiger charge is -2.27. The van der Waals surface area contributed by atoms with Crippen molar-refractivity contribution in [2.75, 3.05) is 6.61 Å². The fourth-order valence-electron chi connectivity index (χ4n) is 1.95. The Morgan fingerprint density at radius 1 is 1.54 bits per heavy atom. The van der Waals surface area contributed by atoms with Gasteiger partial charge in [-0.1, -0.05) is 13.8 Å². The molecule has 70 valence electrons. The van der Waals surface area contributed by atoms with Gasteiger partial charge in [-0.05, 0) is 24.3 Å². The predicted octanol–water partition coefficient (Wildman–Crippen LogP) is 2.60. The third kappa shape index (κ3) is 1.53. The van der Waals surface area contributed by atoms with Crippen LogP contribution in [0.1, 0.15) is 31.7 Å². The summed E-state index contributed by atoms with van der Waals surface area (Å²) >= 11 is 0. The molecule has 0 unspecified atom stereocenters. The van der Waals surface area contributed by atoms with E-state index in [1.54, 1.807) is 6.20 Å². The lowest BCUT2D eigenvalue weighted by atomic mass is 9.85. The molecule has 1 atom stereocenters. The van der Waals surface area contributed by atoms with Crippen LogP contribution in [-0.2, 0) is 0 Å². The van der Waals surface area contributed by atoms with Gasteiger partial charge in [0.15, 0.2) is 0 Å². The minimum absolute atomic E-state index is 0.623. The summed E-state index contributed by atoms with van der Waals surface area (Å²) in [6.07, 6.45) is 4.86. The van der Waals surface area contributed by atoms with Crippen molar-refractivity contribution < 1.29 is 4.74 Å². The van der Waals surface area contributed by atoms with Crippen LogP contribution in [0.3, 0.4) is 0 Å². The number of rotatable bonds is 1. The molecule has 0 N–H and O–H groups in total. The quantitative estimate of drug-likeness (QED) is 0.657. The normalized spacial score (nSPS) is 21.0. The molecule has 1 aromatic rings. The van der Waals surface area contributed by atoms with Gasteiger partial charge < -0.3 is 4.74 Å². The average Bonchev–Trinajstić information content (AvgIpc) is 2.17. The molecule has 0 aliphatic carbocycles. The van der Waals surface area contributed by atoms with Gasteiger partial charge in [0.1, 0.15) is 5.75 Å². The van der Waals surface area contributed by atoms with E-state index in [9.17, 15) is 0 Å². The van der Waals surface area contributed by atoms with Gasteiger partial charge in [-0.15, -0.1) is 0 Å². The average molecular weight is 177 g/mol. The molecular weight excluding hydrogens is 162 g/mol. The highest BCUT2D eigenvalue weighted by Gasteiger charge is 2.23. The van der Waals surface area contributed by atoms with E-state index >= 15 is 0 Å². The Balaban J connectivity index is 2.37. The van der Waals surface area contributed by atoms with Gasteiger partial charge in [0.25, 0.3) is 0 Å². The number of hydrogen-bond acceptors (Lipinski definition) is 2. The van der Waals surface area contributed by atoms with Crippen LogP contribution in [0.15, 0.2) is 18.5 Å². The minimum atomic E-state index is 0.623. The summed E-state index contributed by atoms with van der Waals surface area (Å²) in [5.41, 5.74) is 1.28. The molecule has 0 aromatic carbocycles. The Bertz CT molecular complexity index is 296. The van der Waals surface area contributed by atoms with Crippen LogP contribution in [-0.4, -0.2) is 11.6 Å². The highest BCUT2D eigenvalue weighted by molar-refractivity contribution is 5.35. The Kier molecular flexibility index (Phi) is 2.21. The molecule has 0 saturated heterocycles. The van der Waals surface area contributed by atoms with E-state index in [1.807, 2.05) is 12.3 Å². The van der Waals surface area contributed by atoms with Gasteiger partial charge in [0.2, 0.25) is 0 Å². The van der Waals surface area contributed by atoms with Crippen LogP contribution in [0.4, 0.5) is 0 Å².